The molecular weight excluding hydrogens is 350 g/mol. The number of nitrogens with zero attached hydrogens (tertiary/aromatic N) is 3. The smallest absolute Gasteiger partial charge is 0.237 e. The van der Waals surface area contributed by atoms with Gasteiger partial charge in [-0.1, -0.05) is 37.1 Å². The Balaban J connectivity index is 1.24. The van der Waals surface area contributed by atoms with Gasteiger partial charge in [-0.3, -0.25) is 14.5 Å². The molecule has 1 aromatic rings. The average Bonchev–Trinajstić information content (AvgIpc) is 3.03. The molecule has 4 rings (SSSR count). The molecule has 0 N–H and O–H groups in total. The molecule has 0 aliphatic carbocycles. The normalized spacial score (nSPS) is 21.9. The first-order valence-corrected chi connectivity index (χ1v) is 11.1. The molecule has 2 amide bonds. The minimum atomic E-state index is 0.159. The van der Waals surface area contributed by atoms with E-state index in [-0.39, 0.29) is 11.8 Å². The summed E-state index contributed by atoms with van der Waals surface area (Å²) >= 11 is 0. The fourth-order valence-electron chi connectivity index (χ4n) is 4.89. The maximum absolute atomic E-state index is 12.8. The number of amides is 2. The van der Waals surface area contributed by atoms with Crippen molar-refractivity contribution in [3.63, 3.8) is 0 Å². The lowest BCUT2D eigenvalue weighted by Gasteiger charge is -2.35. The highest BCUT2D eigenvalue weighted by Gasteiger charge is 2.30. The Morgan fingerprint density at radius 1 is 0.821 bits per heavy atom. The lowest BCUT2D eigenvalue weighted by atomic mass is 9.95. The molecule has 0 radical (unpaired) electrons. The lowest BCUT2D eigenvalue weighted by Crippen LogP contribution is -2.47. The van der Waals surface area contributed by atoms with Gasteiger partial charge in [-0.2, -0.15) is 0 Å². The third kappa shape index (κ3) is 4.57. The van der Waals surface area contributed by atoms with Crippen molar-refractivity contribution >= 4 is 11.8 Å². The number of rotatable bonds is 3. The monoisotopic (exact) mass is 383 g/mol. The standard InChI is InChI=1S/C23H33N3O2/c27-22(26-16-11-19-7-3-4-8-21(19)17-26)18-24-14-9-20(10-15-24)23(28)25-12-5-1-2-6-13-25/h3-4,7-8,20H,1-2,5-6,9-18H2. The van der Waals surface area contributed by atoms with Crippen molar-refractivity contribution < 1.29 is 9.59 Å². The molecule has 0 atom stereocenters. The van der Waals surface area contributed by atoms with Crippen LogP contribution in [0.5, 0.6) is 0 Å². The van der Waals surface area contributed by atoms with E-state index in [1.54, 1.807) is 0 Å². The van der Waals surface area contributed by atoms with Gasteiger partial charge in [0.2, 0.25) is 11.8 Å². The number of carbonyl (C=O) groups is 2. The summed E-state index contributed by atoms with van der Waals surface area (Å²) in [5, 5.41) is 0. The van der Waals surface area contributed by atoms with E-state index in [0.29, 0.717) is 12.5 Å². The zero-order chi connectivity index (χ0) is 19.3. The second-order valence-electron chi connectivity index (χ2n) is 8.62. The molecule has 2 fully saturated rings. The third-order valence-electron chi connectivity index (χ3n) is 6.70. The van der Waals surface area contributed by atoms with E-state index in [4.69, 9.17) is 0 Å². The molecule has 3 aliphatic heterocycles. The largest absolute Gasteiger partial charge is 0.342 e. The first-order chi connectivity index (χ1) is 13.7. The molecule has 0 saturated carbocycles. The molecule has 5 nitrogen and oxygen atoms in total. The molecule has 3 heterocycles. The molecule has 1 aromatic carbocycles. The summed E-state index contributed by atoms with van der Waals surface area (Å²) < 4.78 is 0. The Labute approximate surface area is 168 Å². The lowest BCUT2D eigenvalue weighted by molar-refractivity contribution is -0.137. The van der Waals surface area contributed by atoms with Crippen LogP contribution >= 0.6 is 0 Å². The van der Waals surface area contributed by atoms with Gasteiger partial charge in [0.25, 0.3) is 0 Å². The SMILES string of the molecule is O=C(CN1CCC(C(=O)N2CCCCCC2)CC1)N1CCc2ccccc2C1. The van der Waals surface area contributed by atoms with Gasteiger partial charge in [0.05, 0.1) is 6.54 Å². The fraction of sp³-hybridized carbons (Fsp3) is 0.652. The maximum Gasteiger partial charge on any atom is 0.237 e. The van der Waals surface area contributed by atoms with Gasteiger partial charge < -0.3 is 9.80 Å². The van der Waals surface area contributed by atoms with Crippen molar-refractivity contribution in [2.75, 3.05) is 39.3 Å². The zero-order valence-corrected chi connectivity index (χ0v) is 16.9. The van der Waals surface area contributed by atoms with Crippen LogP contribution in [0.1, 0.15) is 49.7 Å². The molecule has 28 heavy (non-hydrogen) atoms. The number of likely N-dealkylation sites (tertiary alicyclic amines) is 2. The predicted molar refractivity (Wildman–Crippen MR) is 110 cm³/mol. The Morgan fingerprint density at radius 2 is 1.50 bits per heavy atom. The first-order valence-electron chi connectivity index (χ1n) is 11.1. The highest BCUT2D eigenvalue weighted by Crippen LogP contribution is 2.23. The Kier molecular flexibility index (Phi) is 6.30. The second kappa shape index (κ2) is 9.08. The van der Waals surface area contributed by atoms with Crippen LogP contribution in [0.2, 0.25) is 0 Å². The summed E-state index contributed by atoms with van der Waals surface area (Å²) in [5.41, 5.74) is 2.66. The third-order valence-corrected chi connectivity index (χ3v) is 6.70. The Morgan fingerprint density at radius 3 is 2.21 bits per heavy atom. The number of fused-ring (bicyclic) bond motifs is 1. The zero-order valence-electron chi connectivity index (χ0n) is 16.9. The summed E-state index contributed by atoms with van der Waals surface area (Å²) in [5.74, 6) is 0.749. The quantitative estimate of drug-likeness (QED) is 0.806. The van der Waals surface area contributed by atoms with E-state index in [2.05, 4.69) is 34.1 Å². The summed E-state index contributed by atoms with van der Waals surface area (Å²) in [6.07, 6.45) is 7.55. The molecule has 0 spiro atoms. The number of piperidine rings is 1. The van der Waals surface area contributed by atoms with Crippen LogP contribution in [0.15, 0.2) is 24.3 Å². The van der Waals surface area contributed by atoms with Crippen LogP contribution in [-0.2, 0) is 22.6 Å². The minimum Gasteiger partial charge on any atom is -0.342 e. The second-order valence-corrected chi connectivity index (χ2v) is 8.62. The van der Waals surface area contributed by atoms with E-state index >= 15 is 0 Å². The first kappa shape index (κ1) is 19.4. The fourth-order valence-corrected chi connectivity index (χ4v) is 4.89. The van der Waals surface area contributed by atoms with Crippen LogP contribution in [0.4, 0.5) is 0 Å². The van der Waals surface area contributed by atoms with E-state index in [9.17, 15) is 9.59 Å². The van der Waals surface area contributed by atoms with Crippen LogP contribution in [-0.4, -0.2) is 65.8 Å². The topological polar surface area (TPSA) is 43.9 Å². The summed E-state index contributed by atoms with van der Waals surface area (Å²) in [6, 6.07) is 8.43. The minimum absolute atomic E-state index is 0.159. The number of hydrogen-bond acceptors (Lipinski definition) is 3. The maximum atomic E-state index is 12.8. The van der Waals surface area contributed by atoms with Gasteiger partial charge in [0.1, 0.15) is 0 Å². The van der Waals surface area contributed by atoms with Crippen LogP contribution < -0.4 is 0 Å². The molecule has 3 aliphatic rings. The van der Waals surface area contributed by atoms with Crippen molar-refractivity contribution in [3.8, 4) is 0 Å². The van der Waals surface area contributed by atoms with Crippen molar-refractivity contribution in [2.24, 2.45) is 5.92 Å². The van der Waals surface area contributed by atoms with E-state index in [0.717, 1.165) is 71.4 Å². The van der Waals surface area contributed by atoms with Crippen molar-refractivity contribution in [1.82, 2.24) is 14.7 Å². The number of benzene rings is 1. The molecule has 2 saturated heterocycles. The summed E-state index contributed by atoms with van der Waals surface area (Å²) in [6.45, 7) is 5.65. The molecular formula is C23H33N3O2. The predicted octanol–water partition coefficient (Wildman–Crippen LogP) is 2.69. The van der Waals surface area contributed by atoms with Crippen molar-refractivity contribution in [3.05, 3.63) is 35.4 Å². The van der Waals surface area contributed by atoms with Crippen LogP contribution in [0.3, 0.4) is 0 Å². The van der Waals surface area contributed by atoms with Gasteiger partial charge in [0, 0.05) is 32.1 Å². The molecule has 0 unspecified atom stereocenters. The van der Waals surface area contributed by atoms with Gasteiger partial charge in [0.15, 0.2) is 0 Å². The van der Waals surface area contributed by atoms with Gasteiger partial charge in [-0.05, 0) is 56.3 Å². The highest BCUT2D eigenvalue weighted by molar-refractivity contribution is 5.80. The highest BCUT2D eigenvalue weighted by atomic mass is 16.2. The molecule has 152 valence electrons. The van der Waals surface area contributed by atoms with Crippen LogP contribution in [0, 0.1) is 5.92 Å². The number of carbonyl (C=O) groups excluding carboxylic acids is 2. The van der Waals surface area contributed by atoms with Gasteiger partial charge >= 0.3 is 0 Å². The van der Waals surface area contributed by atoms with E-state index in [1.807, 2.05) is 4.90 Å². The molecule has 5 heteroatoms. The van der Waals surface area contributed by atoms with E-state index < -0.39 is 0 Å². The van der Waals surface area contributed by atoms with Gasteiger partial charge in [-0.25, -0.2) is 0 Å². The Hall–Kier alpha value is -1.88. The van der Waals surface area contributed by atoms with Crippen molar-refractivity contribution in [1.29, 1.82) is 0 Å². The van der Waals surface area contributed by atoms with Gasteiger partial charge in [-0.15, -0.1) is 0 Å². The van der Waals surface area contributed by atoms with Crippen molar-refractivity contribution in [2.45, 2.75) is 51.5 Å². The average molecular weight is 384 g/mol. The molecule has 0 aromatic heterocycles. The molecule has 0 bridgehead atoms. The Bertz CT molecular complexity index is 689. The van der Waals surface area contributed by atoms with E-state index in [1.165, 1.54) is 24.0 Å². The number of hydrogen-bond donors (Lipinski definition) is 0. The van der Waals surface area contributed by atoms with Crippen LogP contribution in [0.25, 0.3) is 0 Å². The summed E-state index contributed by atoms with van der Waals surface area (Å²) in [4.78, 5) is 32.0. The summed E-state index contributed by atoms with van der Waals surface area (Å²) in [7, 11) is 0.